The highest BCUT2D eigenvalue weighted by molar-refractivity contribution is 7.13. The molecule has 25 heavy (non-hydrogen) atoms. The van der Waals surface area contributed by atoms with E-state index in [9.17, 15) is 4.79 Å². The van der Waals surface area contributed by atoms with Crippen LogP contribution in [0.5, 0.6) is 11.5 Å². The topological polar surface area (TPSA) is 57.7 Å². The zero-order valence-electron chi connectivity index (χ0n) is 13.3. The molecule has 1 atom stereocenters. The quantitative estimate of drug-likeness (QED) is 0.670. The molecular formula is C19H15NO4S. The predicted octanol–water partition coefficient (Wildman–Crippen LogP) is 3.69. The molecule has 1 aliphatic heterocycles. The Morgan fingerprint density at radius 2 is 1.88 bits per heavy atom. The Morgan fingerprint density at radius 1 is 1.12 bits per heavy atom. The molecule has 0 amide bonds. The molecule has 2 heterocycles. The number of fused-ring (bicyclic) bond motifs is 1. The molecule has 5 nitrogen and oxygen atoms in total. The third-order valence-corrected chi connectivity index (χ3v) is 4.65. The summed E-state index contributed by atoms with van der Waals surface area (Å²) in [6, 6.07) is 17.1. The van der Waals surface area contributed by atoms with E-state index in [1.54, 1.807) is 12.1 Å². The van der Waals surface area contributed by atoms with E-state index in [0.29, 0.717) is 17.2 Å². The summed E-state index contributed by atoms with van der Waals surface area (Å²) in [5.74, 6) is 0.734. The molecule has 6 heteroatoms. The van der Waals surface area contributed by atoms with E-state index in [4.69, 9.17) is 14.2 Å². The first kappa shape index (κ1) is 15.7. The number of carbonyl (C=O) groups excluding carboxylic acids is 1. The first-order valence-electron chi connectivity index (χ1n) is 7.84. The molecule has 0 radical (unpaired) electrons. The first-order chi connectivity index (χ1) is 12.3. The molecule has 0 saturated heterocycles. The smallest absolute Gasteiger partial charge is 0.351 e. The molecule has 0 fully saturated rings. The van der Waals surface area contributed by atoms with Crippen LogP contribution in [-0.2, 0) is 16.1 Å². The van der Waals surface area contributed by atoms with Crippen molar-refractivity contribution in [2.45, 2.75) is 12.7 Å². The van der Waals surface area contributed by atoms with Gasteiger partial charge in [-0.25, -0.2) is 9.78 Å². The van der Waals surface area contributed by atoms with Crippen LogP contribution in [0.4, 0.5) is 0 Å². The minimum absolute atomic E-state index is 0.115. The van der Waals surface area contributed by atoms with Crippen molar-refractivity contribution in [3.63, 3.8) is 0 Å². The summed E-state index contributed by atoms with van der Waals surface area (Å²) in [4.78, 5) is 16.7. The molecule has 0 bridgehead atoms. The number of ether oxygens (including phenoxy) is 3. The summed E-state index contributed by atoms with van der Waals surface area (Å²) in [5, 5.41) is 2.79. The van der Waals surface area contributed by atoms with Crippen LogP contribution in [0.25, 0.3) is 10.6 Å². The fourth-order valence-corrected chi connectivity index (χ4v) is 3.27. The second-order valence-corrected chi connectivity index (χ2v) is 6.34. The number of nitrogens with zero attached hydrogens (tertiary/aromatic N) is 1. The number of hydrogen-bond acceptors (Lipinski definition) is 6. The van der Waals surface area contributed by atoms with E-state index in [1.165, 1.54) is 11.3 Å². The van der Waals surface area contributed by atoms with E-state index in [1.807, 2.05) is 47.8 Å². The van der Waals surface area contributed by atoms with Crippen LogP contribution >= 0.6 is 11.3 Å². The summed E-state index contributed by atoms with van der Waals surface area (Å²) in [6.07, 6.45) is -0.762. The molecule has 0 aliphatic carbocycles. The van der Waals surface area contributed by atoms with Gasteiger partial charge in [0.1, 0.15) is 18.2 Å². The zero-order chi connectivity index (χ0) is 17.1. The summed E-state index contributed by atoms with van der Waals surface area (Å²) >= 11 is 1.52. The predicted molar refractivity (Wildman–Crippen MR) is 93.7 cm³/mol. The average molecular weight is 353 g/mol. The van der Waals surface area contributed by atoms with Gasteiger partial charge in [0.15, 0.2) is 11.5 Å². The van der Waals surface area contributed by atoms with Gasteiger partial charge < -0.3 is 14.2 Å². The number of rotatable bonds is 4. The Morgan fingerprint density at radius 3 is 2.72 bits per heavy atom. The van der Waals surface area contributed by atoms with E-state index in [0.717, 1.165) is 10.6 Å². The van der Waals surface area contributed by atoms with E-state index >= 15 is 0 Å². The van der Waals surface area contributed by atoms with Crippen LogP contribution in [-0.4, -0.2) is 23.7 Å². The SMILES string of the molecule is O=C(OCc1csc(-c2ccccc2)n1)[C@@H]1COc2ccccc2O1. The fourth-order valence-electron chi connectivity index (χ4n) is 2.46. The summed E-state index contributed by atoms with van der Waals surface area (Å²) in [6.45, 7) is 0.256. The lowest BCUT2D eigenvalue weighted by atomic mass is 10.2. The maximum atomic E-state index is 12.2. The van der Waals surface area contributed by atoms with Gasteiger partial charge >= 0.3 is 5.97 Å². The van der Waals surface area contributed by atoms with Crippen molar-refractivity contribution in [2.24, 2.45) is 0 Å². The highest BCUT2D eigenvalue weighted by Crippen LogP contribution is 2.31. The number of thiazole rings is 1. The van der Waals surface area contributed by atoms with Crippen LogP contribution in [0.2, 0.25) is 0 Å². The number of aromatic nitrogens is 1. The van der Waals surface area contributed by atoms with Gasteiger partial charge in [0.2, 0.25) is 6.10 Å². The maximum Gasteiger partial charge on any atom is 0.351 e. The summed E-state index contributed by atoms with van der Waals surface area (Å²) in [7, 11) is 0. The molecule has 0 unspecified atom stereocenters. The number of para-hydroxylation sites is 2. The lowest BCUT2D eigenvalue weighted by Gasteiger charge is -2.24. The summed E-state index contributed by atoms with van der Waals surface area (Å²) in [5.41, 5.74) is 1.76. The monoisotopic (exact) mass is 353 g/mol. The van der Waals surface area contributed by atoms with Gasteiger partial charge in [0.25, 0.3) is 0 Å². The Balaban J connectivity index is 1.36. The van der Waals surface area contributed by atoms with Crippen molar-refractivity contribution in [3.05, 3.63) is 65.7 Å². The highest BCUT2D eigenvalue weighted by Gasteiger charge is 2.28. The van der Waals surface area contributed by atoms with Gasteiger partial charge in [-0.05, 0) is 12.1 Å². The van der Waals surface area contributed by atoms with E-state index < -0.39 is 12.1 Å². The minimum Gasteiger partial charge on any atom is -0.485 e. The lowest BCUT2D eigenvalue weighted by Crippen LogP contribution is -2.37. The van der Waals surface area contributed by atoms with Crippen molar-refractivity contribution in [1.29, 1.82) is 0 Å². The van der Waals surface area contributed by atoms with Crippen molar-refractivity contribution in [1.82, 2.24) is 4.98 Å². The van der Waals surface area contributed by atoms with E-state index in [2.05, 4.69) is 4.98 Å². The fraction of sp³-hybridized carbons (Fsp3) is 0.158. The molecule has 3 aromatic rings. The minimum atomic E-state index is -0.762. The summed E-state index contributed by atoms with van der Waals surface area (Å²) < 4.78 is 16.5. The third-order valence-electron chi connectivity index (χ3n) is 3.71. The highest BCUT2D eigenvalue weighted by atomic mass is 32.1. The van der Waals surface area contributed by atoms with E-state index in [-0.39, 0.29) is 13.2 Å². The van der Waals surface area contributed by atoms with Gasteiger partial charge in [0.05, 0.1) is 5.69 Å². The molecule has 126 valence electrons. The molecule has 0 N–H and O–H groups in total. The Hall–Kier alpha value is -2.86. The number of hydrogen-bond donors (Lipinski definition) is 0. The largest absolute Gasteiger partial charge is 0.485 e. The Labute approximate surface area is 148 Å². The number of carbonyl (C=O) groups is 1. The van der Waals surface area contributed by atoms with Gasteiger partial charge in [-0.15, -0.1) is 11.3 Å². The van der Waals surface area contributed by atoms with Crippen molar-refractivity contribution in [2.75, 3.05) is 6.61 Å². The number of benzene rings is 2. The van der Waals surface area contributed by atoms with Gasteiger partial charge in [0, 0.05) is 10.9 Å². The van der Waals surface area contributed by atoms with Crippen LogP contribution in [0, 0.1) is 0 Å². The molecule has 4 rings (SSSR count). The average Bonchev–Trinajstić information content (AvgIpc) is 3.15. The molecule has 0 spiro atoms. The van der Waals surface area contributed by atoms with Crippen molar-refractivity contribution < 1.29 is 19.0 Å². The van der Waals surface area contributed by atoms with Crippen LogP contribution < -0.4 is 9.47 Å². The van der Waals surface area contributed by atoms with Gasteiger partial charge in [-0.1, -0.05) is 42.5 Å². The van der Waals surface area contributed by atoms with Crippen molar-refractivity contribution in [3.8, 4) is 22.1 Å². The standard InChI is InChI=1S/C19H15NO4S/c21-19(17-11-22-15-8-4-5-9-16(15)24-17)23-10-14-12-25-18(20-14)13-6-2-1-3-7-13/h1-9,12,17H,10-11H2/t17-/m0/s1. The number of esters is 1. The third kappa shape index (κ3) is 3.49. The first-order valence-corrected chi connectivity index (χ1v) is 8.72. The van der Waals surface area contributed by atoms with Crippen LogP contribution in [0.3, 0.4) is 0 Å². The second kappa shape index (κ2) is 6.94. The molecular weight excluding hydrogens is 338 g/mol. The zero-order valence-corrected chi connectivity index (χ0v) is 14.1. The molecule has 1 aliphatic rings. The maximum absolute atomic E-state index is 12.2. The Kier molecular flexibility index (Phi) is 4.35. The Bertz CT molecular complexity index is 878. The molecule has 2 aromatic carbocycles. The van der Waals surface area contributed by atoms with Gasteiger partial charge in [-0.3, -0.25) is 0 Å². The normalized spacial score (nSPS) is 15.6. The second-order valence-electron chi connectivity index (χ2n) is 5.48. The molecule has 0 saturated carbocycles. The van der Waals surface area contributed by atoms with Crippen LogP contribution in [0.1, 0.15) is 5.69 Å². The van der Waals surface area contributed by atoms with Crippen LogP contribution in [0.15, 0.2) is 60.0 Å². The lowest BCUT2D eigenvalue weighted by molar-refractivity contribution is -0.156. The van der Waals surface area contributed by atoms with Crippen molar-refractivity contribution >= 4 is 17.3 Å². The van der Waals surface area contributed by atoms with Gasteiger partial charge in [-0.2, -0.15) is 0 Å². The molecule has 1 aromatic heterocycles.